The molecule has 1 aliphatic rings. The lowest BCUT2D eigenvalue weighted by Crippen LogP contribution is -2.27. The molecule has 0 radical (unpaired) electrons. The van der Waals surface area contributed by atoms with Gasteiger partial charge in [-0.05, 0) is 67.1 Å². The number of nitrogens with zero attached hydrogens (tertiary/aromatic N) is 2. The summed E-state index contributed by atoms with van der Waals surface area (Å²) in [6, 6.07) is 42.2. The zero-order chi connectivity index (χ0) is 27.0. The second-order valence-corrected chi connectivity index (χ2v) is 11.4. The fourth-order valence-electron chi connectivity index (χ4n) is 7.24. The number of fused-ring (bicyclic) bond motifs is 4. The maximum Gasteiger partial charge on any atom is 0.114 e. The Bertz CT molecular complexity index is 2060. The fraction of sp³-hybridized carbons (Fsp3) is 0.132. The van der Waals surface area contributed by atoms with Gasteiger partial charge in [0, 0.05) is 11.8 Å². The van der Waals surface area contributed by atoms with Gasteiger partial charge in [-0.15, -0.1) is 0 Å². The van der Waals surface area contributed by atoms with E-state index in [4.69, 9.17) is 4.98 Å². The lowest BCUT2D eigenvalue weighted by atomic mass is 9.71. The third-order valence-electron chi connectivity index (χ3n) is 8.91. The van der Waals surface area contributed by atoms with Crippen LogP contribution in [0, 0.1) is 0 Å². The van der Waals surface area contributed by atoms with E-state index in [1.165, 1.54) is 66.1 Å². The van der Waals surface area contributed by atoms with Gasteiger partial charge in [-0.3, -0.25) is 4.57 Å². The van der Waals surface area contributed by atoms with Crippen LogP contribution < -0.4 is 0 Å². The Kier molecular flexibility index (Phi) is 4.88. The van der Waals surface area contributed by atoms with Crippen LogP contribution in [-0.2, 0) is 11.8 Å². The average molecular weight is 515 g/mol. The number of para-hydroxylation sites is 1. The molecule has 6 aromatic carbocycles. The van der Waals surface area contributed by atoms with Crippen LogP contribution in [0.3, 0.4) is 0 Å². The normalized spacial score (nSPS) is 13.7. The standard InChI is InChI=1S/C38H30N2/c1-4-33-39-31-22-13-21-30-37(31)40(33)32-23-12-20-29(36(32)38(30,2)3)35-27-18-10-8-16-25(27)34(24-14-6-5-7-15-24)26-17-9-11-19-28(26)35/h5-23H,4H2,1-3H3. The first kappa shape index (κ1) is 23.2. The minimum absolute atomic E-state index is 0.202. The summed E-state index contributed by atoms with van der Waals surface area (Å²) in [5.74, 6) is 1.12. The van der Waals surface area contributed by atoms with Crippen LogP contribution in [0.15, 0.2) is 115 Å². The lowest BCUT2D eigenvalue weighted by molar-refractivity contribution is 0.627. The first-order valence-electron chi connectivity index (χ1n) is 14.2. The first-order chi connectivity index (χ1) is 19.6. The molecule has 7 aromatic rings. The minimum Gasteiger partial charge on any atom is -0.296 e. The number of aromatic nitrogens is 2. The highest BCUT2D eigenvalue weighted by Gasteiger charge is 2.37. The predicted octanol–water partition coefficient (Wildman–Crippen LogP) is 9.87. The van der Waals surface area contributed by atoms with Crippen LogP contribution in [0.5, 0.6) is 0 Å². The summed E-state index contributed by atoms with van der Waals surface area (Å²) in [6.07, 6.45) is 0.885. The van der Waals surface area contributed by atoms with E-state index in [2.05, 4.69) is 141 Å². The van der Waals surface area contributed by atoms with Crippen LogP contribution in [0.4, 0.5) is 0 Å². The van der Waals surface area contributed by atoms with Crippen LogP contribution in [0.2, 0.25) is 0 Å². The molecule has 0 spiro atoms. The van der Waals surface area contributed by atoms with E-state index in [9.17, 15) is 0 Å². The van der Waals surface area contributed by atoms with Gasteiger partial charge in [-0.2, -0.15) is 0 Å². The number of aryl methyl sites for hydroxylation is 1. The molecule has 0 bridgehead atoms. The molecule has 0 saturated carbocycles. The lowest BCUT2D eigenvalue weighted by Gasteiger charge is -2.37. The van der Waals surface area contributed by atoms with Crippen LogP contribution in [-0.4, -0.2) is 9.55 Å². The summed E-state index contributed by atoms with van der Waals surface area (Å²) in [6.45, 7) is 6.97. The van der Waals surface area contributed by atoms with Gasteiger partial charge in [0.25, 0.3) is 0 Å². The molecule has 192 valence electrons. The van der Waals surface area contributed by atoms with Crippen LogP contribution in [0.25, 0.3) is 60.5 Å². The van der Waals surface area contributed by atoms with E-state index >= 15 is 0 Å². The second-order valence-electron chi connectivity index (χ2n) is 11.4. The molecule has 0 unspecified atom stereocenters. The molecule has 0 atom stereocenters. The quantitative estimate of drug-likeness (QED) is 0.215. The molecule has 1 aliphatic heterocycles. The molecule has 8 rings (SSSR count). The highest BCUT2D eigenvalue weighted by Crippen LogP contribution is 2.51. The Morgan fingerprint density at radius 3 is 1.88 bits per heavy atom. The summed E-state index contributed by atoms with van der Waals surface area (Å²) in [4.78, 5) is 5.08. The van der Waals surface area contributed by atoms with Crippen LogP contribution >= 0.6 is 0 Å². The van der Waals surface area contributed by atoms with Gasteiger partial charge in [0.05, 0.1) is 16.7 Å². The second kappa shape index (κ2) is 8.40. The molecule has 0 aliphatic carbocycles. The molecule has 1 aromatic heterocycles. The smallest absolute Gasteiger partial charge is 0.114 e. The van der Waals surface area contributed by atoms with E-state index in [0.717, 1.165) is 17.8 Å². The van der Waals surface area contributed by atoms with Gasteiger partial charge in [-0.25, -0.2) is 4.98 Å². The summed E-state index contributed by atoms with van der Waals surface area (Å²) in [7, 11) is 0. The summed E-state index contributed by atoms with van der Waals surface area (Å²) in [5.41, 5.74) is 11.3. The molecule has 0 fully saturated rings. The minimum atomic E-state index is -0.202. The topological polar surface area (TPSA) is 17.8 Å². The average Bonchev–Trinajstić information content (AvgIpc) is 3.38. The van der Waals surface area contributed by atoms with Crippen molar-refractivity contribution in [3.8, 4) is 27.9 Å². The molecule has 2 nitrogen and oxygen atoms in total. The molecule has 2 heteroatoms. The highest BCUT2D eigenvalue weighted by molar-refractivity contribution is 6.21. The number of benzene rings is 6. The SMILES string of the molecule is CCc1nc2cccc3c2n1-c1cccc(-c2c4ccccc4c(-c4ccccc4)c4ccccc24)c1C3(C)C. The van der Waals surface area contributed by atoms with E-state index in [1.807, 2.05) is 0 Å². The van der Waals surface area contributed by atoms with Crippen molar-refractivity contribution in [3.05, 3.63) is 132 Å². The molecule has 40 heavy (non-hydrogen) atoms. The van der Waals surface area contributed by atoms with Crippen molar-refractivity contribution >= 4 is 32.6 Å². The zero-order valence-electron chi connectivity index (χ0n) is 23.1. The van der Waals surface area contributed by atoms with E-state index in [1.54, 1.807) is 0 Å². The van der Waals surface area contributed by atoms with Crippen molar-refractivity contribution in [1.82, 2.24) is 9.55 Å². The van der Waals surface area contributed by atoms with E-state index in [-0.39, 0.29) is 5.41 Å². The number of hydrogen-bond donors (Lipinski definition) is 0. The number of rotatable bonds is 3. The molecule has 0 saturated heterocycles. The third kappa shape index (κ3) is 3.02. The summed E-state index contributed by atoms with van der Waals surface area (Å²) in [5, 5.41) is 5.14. The van der Waals surface area contributed by atoms with Crippen molar-refractivity contribution in [1.29, 1.82) is 0 Å². The maximum atomic E-state index is 5.08. The largest absolute Gasteiger partial charge is 0.296 e. The van der Waals surface area contributed by atoms with Gasteiger partial charge in [0.15, 0.2) is 0 Å². The van der Waals surface area contributed by atoms with Crippen molar-refractivity contribution in [3.63, 3.8) is 0 Å². The van der Waals surface area contributed by atoms with Crippen molar-refractivity contribution in [2.24, 2.45) is 0 Å². The van der Waals surface area contributed by atoms with Gasteiger partial charge in [0.2, 0.25) is 0 Å². The molecule has 2 heterocycles. The monoisotopic (exact) mass is 514 g/mol. The first-order valence-corrected chi connectivity index (χ1v) is 14.2. The Morgan fingerprint density at radius 1 is 0.625 bits per heavy atom. The third-order valence-corrected chi connectivity index (χ3v) is 8.91. The molecular formula is C38H30N2. The Morgan fingerprint density at radius 2 is 1.23 bits per heavy atom. The number of hydrogen-bond acceptors (Lipinski definition) is 1. The maximum absolute atomic E-state index is 5.08. The predicted molar refractivity (Wildman–Crippen MR) is 168 cm³/mol. The Balaban J connectivity index is 1.55. The number of imidazole rings is 1. The van der Waals surface area contributed by atoms with Gasteiger partial charge in [-0.1, -0.05) is 124 Å². The molecule has 0 amide bonds. The molecular weight excluding hydrogens is 484 g/mol. The van der Waals surface area contributed by atoms with Crippen molar-refractivity contribution in [2.75, 3.05) is 0 Å². The van der Waals surface area contributed by atoms with Crippen molar-refractivity contribution in [2.45, 2.75) is 32.6 Å². The van der Waals surface area contributed by atoms with Gasteiger partial charge >= 0.3 is 0 Å². The fourth-order valence-corrected chi connectivity index (χ4v) is 7.24. The van der Waals surface area contributed by atoms with E-state index in [0.29, 0.717) is 0 Å². The Labute approximate surface area is 234 Å². The van der Waals surface area contributed by atoms with Gasteiger partial charge in [0.1, 0.15) is 5.82 Å². The van der Waals surface area contributed by atoms with Crippen molar-refractivity contribution < 1.29 is 0 Å². The van der Waals surface area contributed by atoms with Crippen LogP contribution in [0.1, 0.15) is 37.7 Å². The summed E-state index contributed by atoms with van der Waals surface area (Å²) >= 11 is 0. The molecule has 0 N–H and O–H groups in total. The van der Waals surface area contributed by atoms with Gasteiger partial charge < -0.3 is 0 Å². The highest BCUT2D eigenvalue weighted by atomic mass is 15.1. The van der Waals surface area contributed by atoms with E-state index < -0.39 is 0 Å². The zero-order valence-corrected chi connectivity index (χ0v) is 23.1. The Hall–Kier alpha value is -4.69. The summed E-state index contributed by atoms with van der Waals surface area (Å²) < 4.78 is 2.43.